The highest BCUT2D eigenvalue weighted by molar-refractivity contribution is 5.75. The summed E-state index contributed by atoms with van der Waals surface area (Å²) in [4.78, 5) is 25.8. The Morgan fingerprint density at radius 2 is 1.73 bits per heavy atom. The van der Waals surface area contributed by atoms with Crippen molar-refractivity contribution in [3.05, 3.63) is 0 Å². The summed E-state index contributed by atoms with van der Waals surface area (Å²) in [7, 11) is 0. The summed E-state index contributed by atoms with van der Waals surface area (Å²) in [6, 6.07) is 0.00233. The summed E-state index contributed by atoms with van der Waals surface area (Å²) in [6.45, 7) is 11.8. The van der Waals surface area contributed by atoms with E-state index in [1.807, 2.05) is 39.5 Å². The van der Waals surface area contributed by atoms with Crippen LogP contribution in [0.1, 0.15) is 60.3 Å². The lowest BCUT2D eigenvalue weighted by Gasteiger charge is -2.35. The summed E-state index contributed by atoms with van der Waals surface area (Å²) in [6.07, 6.45) is 3.70. The fourth-order valence-corrected chi connectivity index (χ4v) is 3.11. The molecule has 1 rings (SSSR count). The first-order valence-corrected chi connectivity index (χ1v) is 8.51. The van der Waals surface area contributed by atoms with Crippen molar-refractivity contribution in [2.45, 2.75) is 65.8 Å². The molecule has 0 aromatic rings. The standard InChI is InChI=1S/C17H32N2O3/c1-6-19(17(3,4)5)16(21)18-12-13-8-10-14(11-9-13)15(20)22-7-2/h13-14H,6-12H2,1-5H3,(H,18,21). The van der Waals surface area contributed by atoms with Gasteiger partial charge in [0, 0.05) is 18.6 Å². The second-order valence-corrected chi connectivity index (χ2v) is 7.07. The first kappa shape index (κ1) is 18.8. The third-order valence-corrected chi connectivity index (χ3v) is 4.38. The molecule has 0 radical (unpaired) electrons. The fraction of sp³-hybridized carbons (Fsp3) is 0.882. The van der Waals surface area contributed by atoms with E-state index in [-0.39, 0.29) is 23.5 Å². The molecule has 0 heterocycles. The van der Waals surface area contributed by atoms with Gasteiger partial charge < -0.3 is 15.0 Å². The van der Waals surface area contributed by atoms with Gasteiger partial charge in [-0.2, -0.15) is 0 Å². The molecule has 1 aliphatic rings. The van der Waals surface area contributed by atoms with E-state index in [0.717, 1.165) is 25.7 Å². The van der Waals surface area contributed by atoms with Crippen LogP contribution in [0.15, 0.2) is 0 Å². The first-order valence-electron chi connectivity index (χ1n) is 8.51. The molecule has 5 heteroatoms. The number of nitrogens with one attached hydrogen (secondary N) is 1. The molecule has 1 fully saturated rings. The van der Waals surface area contributed by atoms with Crippen LogP contribution in [-0.2, 0) is 9.53 Å². The van der Waals surface area contributed by atoms with Gasteiger partial charge in [0.15, 0.2) is 0 Å². The molecular weight excluding hydrogens is 280 g/mol. The van der Waals surface area contributed by atoms with Gasteiger partial charge in [-0.15, -0.1) is 0 Å². The zero-order valence-corrected chi connectivity index (χ0v) is 14.8. The number of ether oxygens (including phenoxy) is 1. The number of carbonyl (C=O) groups excluding carboxylic acids is 2. The van der Waals surface area contributed by atoms with E-state index in [0.29, 0.717) is 25.6 Å². The summed E-state index contributed by atoms with van der Waals surface area (Å²) in [5.74, 6) is 0.455. The molecule has 0 aromatic heterocycles. The lowest BCUT2D eigenvalue weighted by Crippen LogP contribution is -2.51. The predicted octanol–water partition coefficient (Wildman–Crippen LogP) is 3.19. The maximum atomic E-state index is 12.3. The Labute approximate surface area is 134 Å². The van der Waals surface area contributed by atoms with Crippen molar-refractivity contribution in [1.29, 1.82) is 0 Å². The highest BCUT2D eigenvalue weighted by atomic mass is 16.5. The van der Waals surface area contributed by atoms with Crippen molar-refractivity contribution >= 4 is 12.0 Å². The van der Waals surface area contributed by atoms with Gasteiger partial charge in [0.2, 0.25) is 0 Å². The van der Waals surface area contributed by atoms with Gasteiger partial charge in [0.05, 0.1) is 12.5 Å². The molecule has 0 bridgehead atoms. The van der Waals surface area contributed by atoms with Crippen molar-refractivity contribution in [2.75, 3.05) is 19.7 Å². The van der Waals surface area contributed by atoms with Crippen LogP contribution in [-0.4, -0.2) is 42.1 Å². The van der Waals surface area contributed by atoms with Gasteiger partial charge in [-0.1, -0.05) is 0 Å². The van der Waals surface area contributed by atoms with E-state index in [1.165, 1.54) is 0 Å². The van der Waals surface area contributed by atoms with Gasteiger partial charge in [0.25, 0.3) is 0 Å². The van der Waals surface area contributed by atoms with E-state index < -0.39 is 0 Å². The van der Waals surface area contributed by atoms with Gasteiger partial charge in [-0.3, -0.25) is 4.79 Å². The molecule has 1 saturated carbocycles. The quantitative estimate of drug-likeness (QED) is 0.793. The molecule has 22 heavy (non-hydrogen) atoms. The van der Waals surface area contributed by atoms with Crippen molar-refractivity contribution in [3.8, 4) is 0 Å². The summed E-state index contributed by atoms with van der Waals surface area (Å²) in [5.41, 5.74) is -0.166. The molecule has 0 saturated heterocycles. The molecule has 1 aliphatic carbocycles. The molecular formula is C17H32N2O3. The van der Waals surface area contributed by atoms with E-state index >= 15 is 0 Å². The van der Waals surface area contributed by atoms with Crippen LogP contribution >= 0.6 is 0 Å². The zero-order chi connectivity index (χ0) is 16.8. The van der Waals surface area contributed by atoms with Crippen molar-refractivity contribution in [2.24, 2.45) is 11.8 Å². The lowest BCUT2D eigenvalue weighted by atomic mass is 9.82. The summed E-state index contributed by atoms with van der Waals surface area (Å²) < 4.78 is 5.08. The number of amides is 2. The highest BCUT2D eigenvalue weighted by Gasteiger charge is 2.29. The SMILES string of the molecule is CCOC(=O)C1CCC(CNC(=O)N(CC)C(C)(C)C)CC1. The van der Waals surface area contributed by atoms with Crippen LogP contribution in [0.5, 0.6) is 0 Å². The number of esters is 1. The molecule has 0 unspecified atom stereocenters. The second kappa shape index (κ2) is 8.39. The molecule has 0 aromatic carbocycles. The maximum Gasteiger partial charge on any atom is 0.317 e. The summed E-state index contributed by atoms with van der Waals surface area (Å²) >= 11 is 0. The zero-order valence-electron chi connectivity index (χ0n) is 14.8. The van der Waals surface area contributed by atoms with Crippen molar-refractivity contribution in [1.82, 2.24) is 10.2 Å². The Hall–Kier alpha value is -1.26. The van der Waals surface area contributed by atoms with Gasteiger partial charge in [-0.05, 0) is 66.2 Å². The smallest absolute Gasteiger partial charge is 0.317 e. The van der Waals surface area contributed by atoms with Crippen LogP contribution in [0.3, 0.4) is 0 Å². The first-order chi connectivity index (χ1) is 10.3. The van der Waals surface area contributed by atoms with Gasteiger partial charge in [-0.25, -0.2) is 4.79 Å². The number of urea groups is 1. The average molecular weight is 312 g/mol. The normalized spacial score (nSPS) is 22.0. The minimum absolute atomic E-state index is 0.00233. The predicted molar refractivity (Wildman–Crippen MR) is 87.6 cm³/mol. The average Bonchev–Trinajstić information content (AvgIpc) is 2.45. The lowest BCUT2D eigenvalue weighted by molar-refractivity contribution is -0.149. The van der Waals surface area contributed by atoms with Crippen LogP contribution in [0.2, 0.25) is 0 Å². The molecule has 5 nitrogen and oxygen atoms in total. The number of carbonyl (C=O) groups is 2. The van der Waals surface area contributed by atoms with Crippen LogP contribution in [0.25, 0.3) is 0 Å². The molecule has 0 spiro atoms. The largest absolute Gasteiger partial charge is 0.466 e. The van der Waals surface area contributed by atoms with Gasteiger partial charge >= 0.3 is 12.0 Å². The number of nitrogens with zero attached hydrogens (tertiary/aromatic N) is 1. The molecule has 128 valence electrons. The molecule has 1 N–H and O–H groups in total. The van der Waals surface area contributed by atoms with Gasteiger partial charge in [0.1, 0.15) is 0 Å². The fourth-order valence-electron chi connectivity index (χ4n) is 3.11. The minimum atomic E-state index is -0.166. The van der Waals surface area contributed by atoms with E-state index in [2.05, 4.69) is 5.32 Å². The Kier molecular flexibility index (Phi) is 7.17. The number of hydrogen-bond acceptors (Lipinski definition) is 3. The third-order valence-electron chi connectivity index (χ3n) is 4.38. The number of rotatable bonds is 5. The molecule has 0 atom stereocenters. The summed E-state index contributed by atoms with van der Waals surface area (Å²) in [5, 5.41) is 3.05. The Bertz CT molecular complexity index is 369. The number of hydrogen-bond donors (Lipinski definition) is 1. The van der Waals surface area contributed by atoms with E-state index in [9.17, 15) is 9.59 Å². The molecule has 2 amide bonds. The molecule has 0 aliphatic heterocycles. The maximum absolute atomic E-state index is 12.3. The second-order valence-electron chi connectivity index (χ2n) is 7.07. The topological polar surface area (TPSA) is 58.6 Å². The third kappa shape index (κ3) is 5.50. The Morgan fingerprint density at radius 3 is 2.18 bits per heavy atom. The van der Waals surface area contributed by atoms with Crippen molar-refractivity contribution in [3.63, 3.8) is 0 Å². The van der Waals surface area contributed by atoms with Crippen molar-refractivity contribution < 1.29 is 14.3 Å². The Morgan fingerprint density at radius 1 is 1.14 bits per heavy atom. The Balaban J connectivity index is 2.35. The van der Waals surface area contributed by atoms with Crippen LogP contribution in [0.4, 0.5) is 4.79 Å². The van der Waals surface area contributed by atoms with Crippen LogP contribution in [0, 0.1) is 11.8 Å². The van der Waals surface area contributed by atoms with Crippen LogP contribution < -0.4 is 5.32 Å². The monoisotopic (exact) mass is 312 g/mol. The van der Waals surface area contributed by atoms with E-state index in [1.54, 1.807) is 0 Å². The van der Waals surface area contributed by atoms with E-state index in [4.69, 9.17) is 4.74 Å². The highest BCUT2D eigenvalue weighted by Crippen LogP contribution is 2.29. The minimum Gasteiger partial charge on any atom is -0.466 e.